The van der Waals surface area contributed by atoms with E-state index in [-0.39, 0.29) is 0 Å². The summed E-state index contributed by atoms with van der Waals surface area (Å²) in [5.41, 5.74) is 0. The molecule has 0 unspecified atom stereocenters. The fraction of sp³-hybridized carbons (Fsp3) is 1.00. The highest BCUT2D eigenvalue weighted by molar-refractivity contribution is 7.91. The highest BCUT2D eigenvalue weighted by atomic mass is 35.5. The molecule has 0 aliphatic heterocycles. The van der Waals surface area contributed by atoms with E-state index in [9.17, 15) is 0 Å². The van der Waals surface area contributed by atoms with Crippen molar-refractivity contribution in [2.45, 2.75) is 7.33 Å². The van der Waals surface area contributed by atoms with Crippen LogP contribution in [-0.2, 0) is 0 Å². The molecular formula is C2H2Cl4S2. The number of hydrogen-bond donors (Lipinski definition) is 2. The van der Waals surface area contributed by atoms with Crippen LogP contribution in [0.25, 0.3) is 0 Å². The summed E-state index contributed by atoms with van der Waals surface area (Å²) >= 11 is 28.4. The maximum atomic E-state index is 5.30. The van der Waals surface area contributed by atoms with Crippen LogP contribution in [0.4, 0.5) is 0 Å². The van der Waals surface area contributed by atoms with Crippen molar-refractivity contribution in [1.29, 1.82) is 0 Å². The normalized spacial score (nSPS) is 14.2. The minimum atomic E-state index is -1.53. The van der Waals surface area contributed by atoms with Gasteiger partial charge in [0.2, 0.25) is 7.33 Å². The van der Waals surface area contributed by atoms with E-state index in [1.165, 1.54) is 0 Å². The van der Waals surface area contributed by atoms with E-state index in [0.29, 0.717) is 0 Å². The molecule has 0 fully saturated rings. The van der Waals surface area contributed by atoms with Crippen molar-refractivity contribution in [1.82, 2.24) is 0 Å². The van der Waals surface area contributed by atoms with Gasteiger partial charge in [0.25, 0.3) is 0 Å². The molecule has 0 saturated carbocycles. The Labute approximate surface area is 78.6 Å². The minimum Gasteiger partial charge on any atom is -0.137 e. The number of rotatable bonds is 1. The Morgan fingerprint density at radius 1 is 0.750 bits per heavy atom. The highest BCUT2D eigenvalue weighted by Gasteiger charge is 2.40. The van der Waals surface area contributed by atoms with Crippen LogP contribution in [0.5, 0.6) is 0 Å². The Hall–Kier alpha value is 1.86. The second-order valence-electron chi connectivity index (χ2n) is 1.08. The van der Waals surface area contributed by atoms with Crippen molar-refractivity contribution < 1.29 is 0 Å². The molecule has 0 aromatic heterocycles. The Morgan fingerprint density at radius 3 is 0.875 bits per heavy atom. The van der Waals surface area contributed by atoms with Crippen LogP contribution in [0.15, 0.2) is 0 Å². The lowest BCUT2D eigenvalue weighted by atomic mass is 10.9. The number of hydrogen-bond acceptors (Lipinski definition) is 2. The molecule has 0 aliphatic rings. The summed E-state index contributed by atoms with van der Waals surface area (Å²) in [7, 11) is 0. The summed E-state index contributed by atoms with van der Waals surface area (Å²) in [6.07, 6.45) is 0. The summed E-state index contributed by atoms with van der Waals surface area (Å²) in [5.74, 6) is 0. The van der Waals surface area contributed by atoms with E-state index in [2.05, 4.69) is 25.3 Å². The smallest absolute Gasteiger partial charge is 0.137 e. The Bertz CT molecular complexity index is 67.0. The zero-order valence-electron chi connectivity index (χ0n) is 3.41. The zero-order chi connectivity index (χ0) is 7.00. The van der Waals surface area contributed by atoms with Crippen LogP contribution < -0.4 is 0 Å². The average Bonchev–Trinajstić information content (AvgIpc) is 1.25. The zero-order valence-corrected chi connectivity index (χ0v) is 8.22. The lowest BCUT2D eigenvalue weighted by Gasteiger charge is -2.22. The van der Waals surface area contributed by atoms with Gasteiger partial charge in [-0.15, -0.1) is 25.3 Å². The molecule has 0 aliphatic carbocycles. The third-order valence-electron chi connectivity index (χ3n) is 0.362. The fourth-order valence-corrected chi connectivity index (χ4v) is 0. The van der Waals surface area contributed by atoms with Gasteiger partial charge in [-0.2, -0.15) is 0 Å². The van der Waals surface area contributed by atoms with Gasteiger partial charge < -0.3 is 0 Å². The number of alkyl halides is 4. The SMILES string of the molecule is SC(Cl)(Cl)C(S)(Cl)Cl. The van der Waals surface area contributed by atoms with Crippen molar-refractivity contribution in [3.05, 3.63) is 0 Å². The predicted octanol–water partition coefficient (Wildman–Crippen LogP) is 3.11. The largest absolute Gasteiger partial charge is 0.202 e. The van der Waals surface area contributed by atoms with E-state index in [1.807, 2.05) is 0 Å². The Kier molecular flexibility index (Phi) is 3.51. The molecule has 0 radical (unpaired) electrons. The maximum absolute atomic E-state index is 5.30. The van der Waals surface area contributed by atoms with E-state index in [0.717, 1.165) is 0 Å². The monoisotopic (exact) mass is 230 g/mol. The summed E-state index contributed by atoms with van der Waals surface area (Å²) in [6, 6.07) is 0. The summed E-state index contributed by atoms with van der Waals surface area (Å²) < 4.78 is -3.06. The van der Waals surface area contributed by atoms with Crippen LogP contribution in [0.2, 0.25) is 0 Å². The van der Waals surface area contributed by atoms with Gasteiger partial charge >= 0.3 is 0 Å². The van der Waals surface area contributed by atoms with Gasteiger partial charge in [-0.05, 0) is 0 Å². The van der Waals surface area contributed by atoms with Crippen molar-refractivity contribution in [2.24, 2.45) is 0 Å². The first-order chi connectivity index (χ1) is 3.25. The van der Waals surface area contributed by atoms with Crippen molar-refractivity contribution in [2.75, 3.05) is 0 Å². The number of halogens is 4. The molecule has 0 spiro atoms. The standard InChI is InChI=1S/C2H2Cl4S2/c3-1(4,7)2(5,6)8/h7-8H. The first kappa shape index (κ1) is 9.86. The second-order valence-corrected chi connectivity index (χ2v) is 6.13. The molecule has 0 aromatic rings. The van der Waals surface area contributed by atoms with Crippen molar-refractivity contribution >= 4 is 71.7 Å². The first-order valence-corrected chi connectivity index (χ1v) is 3.86. The van der Waals surface area contributed by atoms with Crippen LogP contribution >= 0.6 is 71.7 Å². The van der Waals surface area contributed by atoms with Gasteiger partial charge in [-0.3, -0.25) is 0 Å². The topological polar surface area (TPSA) is 0 Å². The Balaban J connectivity index is 4.02. The van der Waals surface area contributed by atoms with Crippen molar-refractivity contribution in [3.63, 3.8) is 0 Å². The third-order valence-corrected chi connectivity index (χ3v) is 3.26. The van der Waals surface area contributed by atoms with Gasteiger partial charge in [0, 0.05) is 0 Å². The van der Waals surface area contributed by atoms with Gasteiger partial charge in [0.1, 0.15) is 0 Å². The van der Waals surface area contributed by atoms with Gasteiger partial charge in [-0.25, -0.2) is 0 Å². The molecule has 0 rings (SSSR count). The van der Waals surface area contributed by atoms with Crippen LogP contribution in [-0.4, -0.2) is 7.33 Å². The lowest BCUT2D eigenvalue weighted by molar-refractivity contribution is 1.15. The van der Waals surface area contributed by atoms with E-state index in [1.54, 1.807) is 0 Å². The number of thiol groups is 2. The molecule has 0 heterocycles. The molecule has 0 bridgehead atoms. The molecule has 0 saturated heterocycles. The van der Waals surface area contributed by atoms with E-state index >= 15 is 0 Å². The average molecular weight is 232 g/mol. The lowest BCUT2D eigenvalue weighted by Crippen LogP contribution is -2.23. The molecule has 0 nitrogen and oxygen atoms in total. The van der Waals surface area contributed by atoms with Crippen LogP contribution in [0.1, 0.15) is 0 Å². The first-order valence-electron chi connectivity index (χ1n) is 1.45. The summed E-state index contributed by atoms with van der Waals surface area (Å²) in [4.78, 5) is 0. The second kappa shape index (κ2) is 2.85. The quantitative estimate of drug-likeness (QED) is 0.503. The maximum Gasteiger partial charge on any atom is 0.202 e. The summed E-state index contributed by atoms with van der Waals surface area (Å²) in [6.45, 7) is 0. The molecule has 0 aromatic carbocycles. The van der Waals surface area contributed by atoms with Crippen LogP contribution in [0.3, 0.4) is 0 Å². The summed E-state index contributed by atoms with van der Waals surface area (Å²) in [5, 5.41) is 0. The molecule has 50 valence electrons. The van der Waals surface area contributed by atoms with Crippen LogP contribution in [0, 0.1) is 0 Å². The molecule has 6 heteroatoms. The third kappa shape index (κ3) is 3.14. The Morgan fingerprint density at radius 2 is 0.875 bits per heavy atom. The highest BCUT2D eigenvalue weighted by Crippen LogP contribution is 2.47. The van der Waals surface area contributed by atoms with E-state index < -0.39 is 7.33 Å². The molecule has 0 N–H and O–H groups in total. The van der Waals surface area contributed by atoms with Crippen molar-refractivity contribution in [3.8, 4) is 0 Å². The molecule has 8 heavy (non-hydrogen) atoms. The molecule has 0 amide bonds. The fourth-order valence-electron chi connectivity index (χ4n) is 0. The molecule has 0 atom stereocenters. The van der Waals surface area contributed by atoms with Gasteiger partial charge in [0.05, 0.1) is 0 Å². The predicted molar refractivity (Wildman–Crippen MR) is 46.8 cm³/mol. The van der Waals surface area contributed by atoms with Gasteiger partial charge in [0.15, 0.2) is 0 Å². The van der Waals surface area contributed by atoms with E-state index in [4.69, 9.17) is 46.4 Å². The van der Waals surface area contributed by atoms with Gasteiger partial charge in [-0.1, -0.05) is 46.4 Å². The molecular weight excluding hydrogens is 230 g/mol. The minimum absolute atomic E-state index is 1.53.